The first kappa shape index (κ1) is 23.2. The highest BCUT2D eigenvalue weighted by atomic mass is 32.1. The molecule has 0 spiro atoms. The van der Waals surface area contributed by atoms with Crippen LogP contribution in [-0.4, -0.2) is 37.5 Å². The van der Waals surface area contributed by atoms with E-state index in [0.29, 0.717) is 17.7 Å². The number of thiophene rings is 1. The second-order valence-corrected chi connectivity index (χ2v) is 11.0. The van der Waals surface area contributed by atoms with Crippen molar-refractivity contribution in [3.8, 4) is 11.3 Å². The monoisotopic (exact) mass is 487 g/mol. The third kappa shape index (κ3) is 4.46. The van der Waals surface area contributed by atoms with Crippen molar-refractivity contribution in [1.82, 2.24) is 19.7 Å². The maximum absolute atomic E-state index is 14.1. The summed E-state index contributed by atoms with van der Waals surface area (Å²) in [6, 6.07) is 11.5. The Hall–Kier alpha value is -3.52. The first-order valence-electron chi connectivity index (χ1n) is 11.9. The Bertz CT molecular complexity index is 1430. The van der Waals surface area contributed by atoms with Crippen LogP contribution in [0.4, 0.5) is 0 Å². The zero-order valence-electron chi connectivity index (χ0n) is 20.4. The number of hydrogen-bond donors (Lipinski definition) is 1. The summed E-state index contributed by atoms with van der Waals surface area (Å²) in [5.41, 5.74) is 10.0. The number of pyridine rings is 1. The van der Waals surface area contributed by atoms with Crippen LogP contribution in [0.15, 0.2) is 42.6 Å². The number of carbonyl (C=O) groups is 2. The summed E-state index contributed by atoms with van der Waals surface area (Å²) >= 11 is 1.73. The Morgan fingerprint density at radius 3 is 2.46 bits per heavy atom. The zero-order chi connectivity index (χ0) is 24.9. The number of benzene rings is 1. The summed E-state index contributed by atoms with van der Waals surface area (Å²) in [6.07, 6.45) is 3.73. The van der Waals surface area contributed by atoms with Crippen molar-refractivity contribution in [2.75, 3.05) is 0 Å². The van der Waals surface area contributed by atoms with Crippen LogP contribution in [0.1, 0.15) is 68.8 Å². The summed E-state index contributed by atoms with van der Waals surface area (Å²) in [4.78, 5) is 34.8. The van der Waals surface area contributed by atoms with Gasteiger partial charge in [-0.25, -0.2) is 9.67 Å². The highest BCUT2D eigenvalue weighted by Gasteiger charge is 2.34. The Morgan fingerprint density at radius 2 is 1.89 bits per heavy atom. The van der Waals surface area contributed by atoms with Crippen molar-refractivity contribution in [1.29, 1.82) is 0 Å². The Kier molecular flexibility index (Phi) is 5.92. The molecule has 0 atom stereocenters. The molecule has 0 unspecified atom stereocenters. The number of nitrogens with zero attached hydrogens (tertiary/aromatic N) is 4. The predicted molar refractivity (Wildman–Crippen MR) is 139 cm³/mol. The number of carbonyl (C=O) groups excluding carboxylic acids is 2. The first-order chi connectivity index (χ1) is 16.7. The average Bonchev–Trinajstić information content (AvgIpc) is 3.48. The zero-order valence-corrected chi connectivity index (χ0v) is 21.2. The van der Waals surface area contributed by atoms with Crippen LogP contribution in [0.5, 0.6) is 0 Å². The van der Waals surface area contributed by atoms with E-state index in [1.165, 1.54) is 9.75 Å². The molecule has 180 valence electrons. The molecule has 8 heteroatoms. The van der Waals surface area contributed by atoms with Gasteiger partial charge in [-0.05, 0) is 70.4 Å². The van der Waals surface area contributed by atoms with Gasteiger partial charge in [-0.2, -0.15) is 5.10 Å². The normalized spacial score (nSPS) is 13.5. The molecule has 7 nitrogen and oxygen atoms in total. The van der Waals surface area contributed by atoms with E-state index in [1.807, 2.05) is 27.8 Å². The van der Waals surface area contributed by atoms with Crippen LogP contribution in [0.3, 0.4) is 0 Å². The minimum atomic E-state index is -0.459. The van der Waals surface area contributed by atoms with E-state index in [2.05, 4.69) is 38.9 Å². The molecule has 3 heterocycles. The number of nitrogens with two attached hydrogens (primary N) is 1. The SMILES string of the molecule is Cc1cc(-c2cc(C(=O)N(Cc3ccc(C(N)=O)cc3)C3CC3)c3cnn(C(C)C)c3n2)c(C)s1. The van der Waals surface area contributed by atoms with Crippen molar-refractivity contribution in [3.63, 3.8) is 0 Å². The summed E-state index contributed by atoms with van der Waals surface area (Å²) in [5, 5.41) is 5.34. The largest absolute Gasteiger partial charge is 0.366 e. The lowest BCUT2D eigenvalue weighted by Gasteiger charge is -2.23. The first-order valence-corrected chi connectivity index (χ1v) is 12.7. The number of primary amides is 1. The fourth-order valence-electron chi connectivity index (χ4n) is 4.47. The summed E-state index contributed by atoms with van der Waals surface area (Å²) in [5.74, 6) is -0.479. The van der Waals surface area contributed by atoms with Gasteiger partial charge in [0.25, 0.3) is 5.91 Å². The molecular formula is C27H29N5O2S. The highest BCUT2D eigenvalue weighted by Crippen LogP contribution is 2.35. The lowest BCUT2D eigenvalue weighted by molar-refractivity contribution is 0.0731. The highest BCUT2D eigenvalue weighted by molar-refractivity contribution is 7.12. The van der Waals surface area contributed by atoms with Crippen molar-refractivity contribution in [2.24, 2.45) is 5.73 Å². The van der Waals surface area contributed by atoms with Gasteiger partial charge in [0.1, 0.15) is 0 Å². The van der Waals surface area contributed by atoms with Gasteiger partial charge in [-0.3, -0.25) is 9.59 Å². The fraction of sp³-hybridized carbons (Fsp3) is 0.333. The fourth-order valence-corrected chi connectivity index (χ4v) is 5.41. The molecule has 4 aromatic rings. The van der Waals surface area contributed by atoms with E-state index in [-0.39, 0.29) is 18.0 Å². The lowest BCUT2D eigenvalue weighted by atomic mass is 10.1. The third-order valence-electron chi connectivity index (χ3n) is 6.44. The van der Waals surface area contributed by atoms with Crippen LogP contribution in [0, 0.1) is 13.8 Å². The van der Waals surface area contributed by atoms with Crippen LogP contribution in [-0.2, 0) is 6.54 Å². The minimum Gasteiger partial charge on any atom is -0.366 e. The van der Waals surface area contributed by atoms with E-state index < -0.39 is 5.91 Å². The van der Waals surface area contributed by atoms with E-state index in [4.69, 9.17) is 10.7 Å². The predicted octanol–water partition coefficient (Wildman–Crippen LogP) is 5.26. The molecule has 1 aliphatic rings. The van der Waals surface area contributed by atoms with E-state index in [9.17, 15) is 9.59 Å². The molecule has 1 aromatic carbocycles. The molecule has 1 saturated carbocycles. The second-order valence-electron chi connectivity index (χ2n) is 9.53. The number of fused-ring (bicyclic) bond motifs is 1. The van der Waals surface area contributed by atoms with E-state index in [1.54, 1.807) is 29.7 Å². The maximum Gasteiger partial charge on any atom is 0.255 e. The number of aromatic nitrogens is 3. The topological polar surface area (TPSA) is 94.1 Å². The van der Waals surface area contributed by atoms with Gasteiger partial charge < -0.3 is 10.6 Å². The maximum atomic E-state index is 14.1. The Balaban J connectivity index is 1.59. The molecule has 1 aliphatic carbocycles. The van der Waals surface area contributed by atoms with Crippen molar-refractivity contribution in [3.05, 3.63) is 69.0 Å². The van der Waals surface area contributed by atoms with Crippen molar-refractivity contribution >= 4 is 34.2 Å². The molecule has 3 aromatic heterocycles. The van der Waals surface area contributed by atoms with Crippen LogP contribution in [0.25, 0.3) is 22.3 Å². The van der Waals surface area contributed by atoms with Crippen LogP contribution < -0.4 is 5.73 Å². The molecule has 2 N–H and O–H groups in total. The Labute approximate surface area is 208 Å². The van der Waals surface area contributed by atoms with Crippen molar-refractivity contribution in [2.45, 2.75) is 59.2 Å². The van der Waals surface area contributed by atoms with Gasteiger partial charge in [-0.1, -0.05) is 12.1 Å². The smallest absolute Gasteiger partial charge is 0.255 e. The second kappa shape index (κ2) is 8.92. The van der Waals surface area contributed by atoms with Crippen LogP contribution in [0.2, 0.25) is 0 Å². The van der Waals surface area contributed by atoms with Gasteiger partial charge >= 0.3 is 0 Å². The summed E-state index contributed by atoms with van der Waals surface area (Å²) in [7, 11) is 0. The lowest BCUT2D eigenvalue weighted by Crippen LogP contribution is -2.32. The van der Waals surface area contributed by atoms with Gasteiger partial charge in [0.15, 0.2) is 5.65 Å². The quantitative estimate of drug-likeness (QED) is 0.385. The molecule has 0 aliphatic heterocycles. The summed E-state index contributed by atoms with van der Waals surface area (Å²) in [6.45, 7) is 8.77. The van der Waals surface area contributed by atoms with Gasteiger partial charge in [0.05, 0.1) is 22.8 Å². The Morgan fingerprint density at radius 1 is 1.17 bits per heavy atom. The standard InChI is InChI=1S/C27H29N5O2S/c1-15(2)32-26-23(13-29-32)22(12-24(30-26)21-11-16(3)35-17(21)4)27(34)31(20-9-10-20)14-18-5-7-19(8-6-18)25(28)33/h5-8,11-13,15,20H,9-10,14H2,1-4H3,(H2,28,33). The third-order valence-corrected chi connectivity index (χ3v) is 7.41. The molecule has 0 bridgehead atoms. The number of rotatable bonds is 7. The number of aryl methyl sites for hydroxylation is 2. The van der Waals surface area contributed by atoms with Crippen molar-refractivity contribution < 1.29 is 9.59 Å². The van der Waals surface area contributed by atoms with Gasteiger partial charge in [-0.15, -0.1) is 11.3 Å². The van der Waals surface area contributed by atoms with Crippen LogP contribution >= 0.6 is 11.3 Å². The molecule has 5 rings (SSSR count). The van der Waals surface area contributed by atoms with Gasteiger partial charge in [0, 0.05) is 39.5 Å². The minimum absolute atomic E-state index is 0.0203. The molecule has 2 amide bonds. The average molecular weight is 488 g/mol. The molecule has 1 fully saturated rings. The number of hydrogen-bond acceptors (Lipinski definition) is 5. The summed E-state index contributed by atoms with van der Waals surface area (Å²) < 4.78 is 1.88. The van der Waals surface area contributed by atoms with E-state index >= 15 is 0 Å². The van der Waals surface area contributed by atoms with E-state index in [0.717, 1.165) is 40.7 Å². The molecule has 0 radical (unpaired) electrons. The van der Waals surface area contributed by atoms with Gasteiger partial charge in [0.2, 0.25) is 5.91 Å². The molecule has 0 saturated heterocycles. The molecular weight excluding hydrogens is 458 g/mol. The molecule has 35 heavy (non-hydrogen) atoms. The number of amides is 2.